The maximum Gasteiger partial charge on any atom is 0.145 e. The van der Waals surface area contributed by atoms with Gasteiger partial charge in [-0.1, -0.05) is 25.1 Å². The fourth-order valence-electron chi connectivity index (χ4n) is 1.65. The number of aromatic nitrogens is 2. The third-order valence-electron chi connectivity index (χ3n) is 2.65. The van der Waals surface area contributed by atoms with Crippen LogP contribution in [-0.2, 0) is 13.0 Å². The van der Waals surface area contributed by atoms with Gasteiger partial charge in [-0.05, 0) is 6.07 Å². The molecule has 0 saturated carbocycles. The number of nitrogens with one attached hydrogen (secondary N) is 2. The highest BCUT2D eigenvalue weighted by molar-refractivity contribution is 5.47. The molecule has 0 aliphatic heterocycles. The second-order valence-electron chi connectivity index (χ2n) is 4.00. The Morgan fingerprint density at radius 3 is 2.63 bits per heavy atom. The average Bonchev–Trinajstić information content (AvgIpc) is 2.46. The zero-order valence-corrected chi connectivity index (χ0v) is 10.7. The van der Waals surface area contributed by atoms with Gasteiger partial charge in [-0.3, -0.25) is 0 Å². The molecule has 1 aromatic heterocycles. The van der Waals surface area contributed by atoms with Crippen molar-refractivity contribution in [3.63, 3.8) is 0 Å². The molecule has 0 amide bonds. The van der Waals surface area contributed by atoms with E-state index in [0.29, 0.717) is 36.0 Å². The molecule has 0 aliphatic rings. The van der Waals surface area contributed by atoms with Gasteiger partial charge in [0, 0.05) is 24.6 Å². The standard InChI is InChI=1S/C13H16FN5/c1-2-11-17-12(7-13(18-11)19-15)16-8-9-5-3-4-6-10(9)14/h3-7H,2,8,15H2,1H3,(H2,16,17,18,19). The van der Waals surface area contributed by atoms with Crippen molar-refractivity contribution in [2.45, 2.75) is 19.9 Å². The number of hydrazine groups is 1. The molecule has 5 nitrogen and oxygen atoms in total. The predicted molar refractivity (Wildman–Crippen MR) is 72.9 cm³/mol. The van der Waals surface area contributed by atoms with Crippen LogP contribution in [0.15, 0.2) is 30.3 Å². The number of anilines is 2. The first-order valence-corrected chi connectivity index (χ1v) is 6.04. The summed E-state index contributed by atoms with van der Waals surface area (Å²) in [6.07, 6.45) is 0.698. The lowest BCUT2D eigenvalue weighted by molar-refractivity contribution is 0.613. The number of rotatable bonds is 5. The Morgan fingerprint density at radius 2 is 1.95 bits per heavy atom. The second-order valence-corrected chi connectivity index (χ2v) is 4.00. The number of nitrogen functional groups attached to an aromatic ring is 1. The van der Waals surface area contributed by atoms with Crippen molar-refractivity contribution in [1.29, 1.82) is 0 Å². The predicted octanol–water partition coefficient (Wildman–Crippen LogP) is 2.08. The van der Waals surface area contributed by atoms with Crippen molar-refractivity contribution < 1.29 is 4.39 Å². The molecule has 1 heterocycles. The van der Waals surface area contributed by atoms with Crippen LogP contribution in [-0.4, -0.2) is 9.97 Å². The summed E-state index contributed by atoms with van der Waals surface area (Å²) in [4.78, 5) is 8.49. The zero-order valence-electron chi connectivity index (χ0n) is 10.7. The number of hydrogen-bond donors (Lipinski definition) is 3. The Kier molecular flexibility index (Phi) is 4.25. The summed E-state index contributed by atoms with van der Waals surface area (Å²) in [7, 11) is 0. The maximum atomic E-state index is 13.5. The Labute approximate surface area is 111 Å². The Morgan fingerprint density at radius 1 is 1.21 bits per heavy atom. The molecule has 0 bridgehead atoms. The average molecular weight is 261 g/mol. The van der Waals surface area contributed by atoms with E-state index in [1.165, 1.54) is 6.07 Å². The molecule has 0 atom stereocenters. The smallest absolute Gasteiger partial charge is 0.145 e. The number of hydrogen-bond acceptors (Lipinski definition) is 5. The van der Waals surface area contributed by atoms with E-state index in [-0.39, 0.29) is 5.82 Å². The highest BCUT2D eigenvalue weighted by atomic mass is 19.1. The van der Waals surface area contributed by atoms with E-state index in [0.717, 1.165) is 0 Å². The van der Waals surface area contributed by atoms with E-state index in [2.05, 4.69) is 20.7 Å². The van der Waals surface area contributed by atoms with Crippen molar-refractivity contribution in [2.24, 2.45) is 5.84 Å². The lowest BCUT2D eigenvalue weighted by Crippen LogP contribution is -2.12. The molecule has 0 unspecified atom stereocenters. The molecule has 19 heavy (non-hydrogen) atoms. The van der Waals surface area contributed by atoms with Crippen LogP contribution in [0.2, 0.25) is 0 Å². The zero-order chi connectivity index (χ0) is 13.7. The van der Waals surface area contributed by atoms with Crippen molar-refractivity contribution in [2.75, 3.05) is 10.7 Å². The summed E-state index contributed by atoms with van der Waals surface area (Å²) < 4.78 is 13.5. The molecule has 0 saturated heterocycles. The van der Waals surface area contributed by atoms with Gasteiger partial charge in [-0.25, -0.2) is 20.2 Å². The van der Waals surface area contributed by atoms with Gasteiger partial charge in [-0.15, -0.1) is 0 Å². The third-order valence-corrected chi connectivity index (χ3v) is 2.65. The maximum absolute atomic E-state index is 13.5. The first-order chi connectivity index (χ1) is 9.22. The number of nitrogens with two attached hydrogens (primary N) is 1. The van der Waals surface area contributed by atoms with Crippen LogP contribution in [0.3, 0.4) is 0 Å². The van der Waals surface area contributed by atoms with Crippen LogP contribution in [0.4, 0.5) is 16.0 Å². The molecule has 0 fully saturated rings. The molecule has 0 radical (unpaired) electrons. The highest BCUT2D eigenvalue weighted by Gasteiger charge is 2.04. The van der Waals surface area contributed by atoms with Gasteiger partial charge in [0.05, 0.1) is 0 Å². The van der Waals surface area contributed by atoms with Gasteiger partial charge >= 0.3 is 0 Å². The minimum atomic E-state index is -0.239. The molecular formula is C13H16FN5. The van der Waals surface area contributed by atoms with E-state index in [1.807, 2.05) is 6.92 Å². The molecule has 2 rings (SSSR count). The van der Waals surface area contributed by atoms with Crippen molar-refractivity contribution in [3.8, 4) is 0 Å². The van der Waals surface area contributed by atoms with E-state index in [1.54, 1.807) is 24.3 Å². The molecule has 0 spiro atoms. The molecule has 6 heteroatoms. The number of benzene rings is 1. The lowest BCUT2D eigenvalue weighted by atomic mass is 10.2. The quantitative estimate of drug-likeness (QED) is 0.567. The highest BCUT2D eigenvalue weighted by Crippen LogP contribution is 2.13. The summed E-state index contributed by atoms with van der Waals surface area (Å²) in [6.45, 7) is 2.31. The second kappa shape index (κ2) is 6.10. The number of nitrogens with zero attached hydrogens (tertiary/aromatic N) is 2. The first-order valence-electron chi connectivity index (χ1n) is 6.04. The SMILES string of the molecule is CCc1nc(NN)cc(NCc2ccccc2F)n1. The molecular weight excluding hydrogens is 245 g/mol. The monoisotopic (exact) mass is 261 g/mol. The van der Waals surface area contributed by atoms with Crippen LogP contribution >= 0.6 is 0 Å². The topological polar surface area (TPSA) is 75.9 Å². The summed E-state index contributed by atoms with van der Waals surface area (Å²) in [6, 6.07) is 8.30. The van der Waals surface area contributed by atoms with E-state index >= 15 is 0 Å². The summed E-state index contributed by atoms with van der Waals surface area (Å²) in [5, 5.41) is 3.06. The van der Waals surface area contributed by atoms with E-state index in [9.17, 15) is 4.39 Å². The molecule has 100 valence electrons. The molecule has 2 aromatic rings. The van der Waals surface area contributed by atoms with Gasteiger partial charge in [0.1, 0.15) is 23.3 Å². The van der Waals surface area contributed by atoms with Crippen LogP contribution in [0.5, 0.6) is 0 Å². The van der Waals surface area contributed by atoms with E-state index < -0.39 is 0 Å². The van der Waals surface area contributed by atoms with Gasteiger partial charge in [-0.2, -0.15) is 0 Å². The Balaban J connectivity index is 2.13. The molecule has 0 aliphatic carbocycles. The van der Waals surface area contributed by atoms with Crippen LogP contribution < -0.4 is 16.6 Å². The number of aryl methyl sites for hydroxylation is 1. The van der Waals surface area contributed by atoms with E-state index in [4.69, 9.17) is 5.84 Å². The minimum absolute atomic E-state index is 0.239. The van der Waals surface area contributed by atoms with Crippen molar-refractivity contribution in [1.82, 2.24) is 9.97 Å². The largest absolute Gasteiger partial charge is 0.366 e. The van der Waals surface area contributed by atoms with Crippen LogP contribution in [0.25, 0.3) is 0 Å². The van der Waals surface area contributed by atoms with Gasteiger partial charge < -0.3 is 10.7 Å². The summed E-state index contributed by atoms with van der Waals surface area (Å²) in [5.41, 5.74) is 3.07. The van der Waals surface area contributed by atoms with Crippen molar-refractivity contribution >= 4 is 11.6 Å². The third kappa shape index (κ3) is 3.38. The minimum Gasteiger partial charge on any atom is -0.366 e. The summed E-state index contributed by atoms with van der Waals surface area (Å²) in [5.74, 6) is 6.92. The van der Waals surface area contributed by atoms with Crippen LogP contribution in [0, 0.1) is 5.82 Å². The lowest BCUT2D eigenvalue weighted by Gasteiger charge is -2.09. The Hall–Kier alpha value is -2.21. The van der Waals surface area contributed by atoms with Gasteiger partial charge in [0.25, 0.3) is 0 Å². The van der Waals surface area contributed by atoms with Crippen molar-refractivity contribution in [3.05, 3.63) is 47.5 Å². The Bertz CT molecular complexity index is 536. The summed E-state index contributed by atoms with van der Waals surface area (Å²) >= 11 is 0. The normalized spacial score (nSPS) is 10.3. The number of halogens is 1. The fraction of sp³-hybridized carbons (Fsp3) is 0.231. The first kappa shape index (κ1) is 13.2. The molecule has 4 N–H and O–H groups in total. The van der Waals surface area contributed by atoms with Gasteiger partial charge in [0.2, 0.25) is 0 Å². The van der Waals surface area contributed by atoms with Crippen LogP contribution in [0.1, 0.15) is 18.3 Å². The molecule has 1 aromatic carbocycles. The van der Waals surface area contributed by atoms with Gasteiger partial charge in [0.15, 0.2) is 0 Å². The fourth-order valence-corrected chi connectivity index (χ4v) is 1.65.